The van der Waals surface area contributed by atoms with E-state index in [1.807, 2.05) is 0 Å². The Hall–Kier alpha value is -2.18. The van der Waals surface area contributed by atoms with Gasteiger partial charge in [-0.3, -0.25) is 4.79 Å². The number of benzene rings is 1. The molecule has 1 amide bonds. The summed E-state index contributed by atoms with van der Waals surface area (Å²) in [4.78, 5) is 24.3. The number of amides is 1. The monoisotopic (exact) mass is 305 g/mol. The van der Waals surface area contributed by atoms with Crippen molar-refractivity contribution >= 4 is 23.2 Å². The summed E-state index contributed by atoms with van der Waals surface area (Å²) >= 11 is 1.29. The van der Waals surface area contributed by atoms with Crippen LogP contribution in [0.1, 0.15) is 26.8 Å². The van der Waals surface area contributed by atoms with E-state index < -0.39 is 17.9 Å². The fraction of sp³-hybridized carbons (Fsp3) is 0.200. The summed E-state index contributed by atoms with van der Waals surface area (Å²) in [5, 5.41) is 13.6. The molecule has 1 aromatic carbocycles. The summed E-state index contributed by atoms with van der Waals surface area (Å²) in [6, 6.07) is 9.35. The van der Waals surface area contributed by atoms with Crippen LogP contribution in [-0.4, -0.2) is 24.1 Å². The van der Waals surface area contributed by atoms with Gasteiger partial charge in [-0.25, -0.2) is 4.79 Å². The quantitative estimate of drug-likeness (QED) is 0.859. The smallest absolute Gasteiger partial charge is 0.331 e. The Morgan fingerprint density at radius 1 is 1.29 bits per heavy atom. The van der Waals surface area contributed by atoms with Gasteiger partial charge in [0.1, 0.15) is 0 Å². The maximum absolute atomic E-state index is 12.3. The lowest BCUT2D eigenvalue weighted by atomic mass is 10.1. The molecular formula is C15H15NO4S. The first-order valence-electron chi connectivity index (χ1n) is 6.27. The van der Waals surface area contributed by atoms with E-state index in [0.29, 0.717) is 22.6 Å². The number of carbonyl (C=O) groups excluding carboxylic acids is 1. The fourth-order valence-electron chi connectivity index (χ4n) is 1.94. The zero-order chi connectivity index (χ0) is 15.2. The summed E-state index contributed by atoms with van der Waals surface area (Å²) in [7, 11) is 1.54. The van der Waals surface area contributed by atoms with Crippen molar-refractivity contribution in [2.24, 2.45) is 0 Å². The van der Waals surface area contributed by atoms with Gasteiger partial charge in [0.2, 0.25) is 0 Å². The highest BCUT2D eigenvalue weighted by Gasteiger charge is 2.24. The van der Waals surface area contributed by atoms with Crippen LogP contribution < -0.4 is 5.32 Å². The van der Waals surface area contributed by atoms with E-state index in [-0.39, 0.29) is 0 Å². The number of hydrogen-bond donors (Lipinski definition) is 2. The molecule has 2 N–H and O–H groups in total. The Morgan fingerprint density at radius 3 is 2.67 bits per heavy atom. The number of methoxy groups -OCH3 is 1. The van der Waals surface area contributed by atoms with E-state index in [0.717, 1.165) is 0 Å². The number of carboxylic acid groups (broad SMARTS) is 1. The third-order valence-electron chi connectivity index (χ3n) is 2.91. The molecule has 0 saturated carbocycles. The van der Waals surface area contributed by atoms with Crippen LogP contribution >= 0.6 is 11.3 Å². The van der Waals surface area contributed by atoms with Gasteiger partial charge in [-0.05, 0) is 23.1 Å². The lowest BCUT2D eigenvalue weighted by Gasteiger charge is -2.14. The van der Waals surface area contributed by atoms with Gasteiger partial charge in [0.05, 0.1) is 6.61 Å². The minimum Gasteiger partial charge on any atom is -0.479 e. The van der Waals surface area contributed by atoms with Crippen molar-refractivity contribution in [2.75, 3.05) is 7.11 Å². The molecule has 5 nitrogen and oxygen atoms in total. The molecule has 6 heteroatoms. The van der Waals surface area contributed by atoms with Crippen molar-refractivity contribution in [1.82, 2.24) is 5.32 Å². The van der Waals surface area contributed by atoms with Gasteiger partial charge in [-0.1, -0.05) is 24.3 Å². The third kappa shape index (κ3) is 3.68. The molecule has 21 heavy (non-hydrogen) atoms. The number of carbonyl (C=O) groups is 2. The van der Waals surface area contributed by atoms with Crippen LogP contribution in [-0.2, 0) is 16.1 Å². The zero-order valence-electron chi connectivity index (χ0n) is 11.4. The first kappa shape index (κ1) is 15.2. The largest absolute Gasteiger partial charge is 0.479 e. The average Bonchev–Trinajstić information content (AvgIpc) is 2.99. The predicted octanol–water partition coefficient (Wildman–Crippen LogP) is 2.45. The van der Waals surface area contributed by atoms with Crippen LogP contribution in [0.5, 0.6) is 0 Å². The molecule has 2 rings (SSSR count). The first-order chi connectivity index (χ1) is 10.1. The second-order valence-electron chi connectivity index (χ2n) is 4.35. The molecule has 0 aliphatic carbocycles. The molecule has 1 unspecified atom stereocenters. The highest BCUT2D eigenvalue weighted by molar-refractivity contribution is 7.10. The van der Waals surface area contributed by atoms with Crippen molar-refractivity contribution in [3.05, 3.63) is 57.8 Å². The molecule has 1 atom stereocenters. The summed E-state index contributed by atoms with van der Waals surface area (Å²) < 4.78 is 5.05. The summed E-state index contributed by atoms with van der Waals surface area (Å²) in [5.41, 5.74) is 1.13. The highest BCUT2D eigenvalue weighted by Crippen LogP contribution is 2.20. The maximum Gasteiger partial charge on any atom is 0.331 e. The van der Waals surface area contributed by atoms with Gasteiger partial charge < -0.3 is 15.2 Å². The van der Waals surface area contributed by atoms with Crippen molar-refractivity contribution in [2.45, 2.75) is 12.6 Å². The third-order valence-corrected chi connectivity index (χ3v) is 3.85. The molecule has 0 fully saturated rings. The van der Waals surface area contributed by atoms with Crippen molar-refractivity contribution < 1.29 is 19.4 Å². The maximum atomic E-state index is 12.3. The van der Waals surface area contributed by atoms with Crippen LogP contribution in [0.4, 0.5) is 0 Å². The number of ether oxygens (including phenoxy) is 1. The second kappa shape index (κ2) is 7.01. The van der Waals surface area contributed by atoms with E-state index in [1.54, 1.807) is 48.9 Å². The molecule has 0 aliphatic rings. The van der Waals surface area contributed by atoms with Crippen molar-refractivity contribution in [3.63, 3.8) is 0 Å². The highest BCUT2D eigenvalue weighted by atomic mass is 32.1. The van der Waals surface area contributed by atoms with Crippen molar-refractivity contribution in [1.29, 1.82) is 0 Å². The fourth-order valence-corrected chi connectivity index (χ4v) is 2.71. The molecule has 0 aliphatic heterocycles. The normalized spacial score (nSPS) is 11.9. The second-order valence-corrected chi connectivity index (χ2v) is 5.33. The first-order valence-corrected chi connectivity index (χ1v) is 7.15. The van der Waals surface area contributed by atoms with Gasteiger partial charge in [-0.2, -0.15) is 0 Å². The van der Waals surface area contributed by atoms with Crippen LogP contribution in [0.2, 0.25) is 0 Å². The number of hydrogen-bond acceptors (Lipinski definition) is 4. The molecule has 2 aromatic rings. The zero-order valence-corrected chi connectivity index (χ0v) is 12.2. The van der Waals surface area contributed by atoms with Crippen LogP contribution in [0.3, 0.4) is 0 Å². The summed E-state index contributed by atoms with van der Waals surface area (Å²) in [5.74, 6) is -1.52. The Bertz CT molecular complexity index is 624. The van der Waals surface area contributed by atoms with Gasteiger partial charge in [-0.15, -0.1) is 11.3 Å². The minimum absolute atomic E-state index is 0.292. The van der Waals surface area contributed by atoms with Gasteiger partial charge in [0, 0.05) is 17.6 Å². The average molecular weight is 305 g/mol. The van der Waals surface area contributed by atoms with E-state index in [2.05, 4.69) is 5.32 Å². The van der Waals surface area contributed by atoms with Gasteiger partial charge in [0.15, 0.2) is 6.04 Å². The van der Waals surface area contributed by atoms with E-state index >= 15 is 0 Å². The number of thiophene rings is 1. The molecule has 0 spiro atoms. The number of aliphatic carboxylic acids is 1. The molecule has 1 aromatic heterocycles. The van der Waals surface area contributed by atoms with E-state index in [1.165, 1.54) is 11.3 Å². The van der Waals surface area contributed by atoms with Crippen LogP contribution in [0, 0.1) is 0 Å². The molecule has 0 radical (unpaired) electrons. The van der Waals surface area contributed by atoms with Gasteiger partial charge >= 0.3 is 5.97 Å². The molecule has 0 saturated heterocycles. The van der Waals surface area contributed by atoms with Gasteiger partial charge in [0.25, 0.3) is 5.91 Å². The SMILES string of the molecule is COCc1ccccc1C(=O)NC(C(=O)O)c1cccs1. The lowest BCUT2D eigenvalue weighted by Crippen LogP contribution is -2.33. The molecule has 1 heterocycles. The molecule has 110 valence electrons. The molecular weight excluding hydrogens is 290 g/mol. The Labute approximate surface area is 126 Å². The van der Waals surface area contributed by atoms with E-state index in [4.69, 9.17) is 4.74 Å². The van der Waals surface area contributed by atoms with E-state index in [9.17, 15) is 14.7 Å². The van der Waals surface area contributed by atoms with Crippen molar-refractivity contribution in [3.8, 4) is 0 Å². The number of rotatable bonds is 6. The Morgan fingerprint density at radius 2 is 2.05 bits per heavy atom. The Balaban J connectivity index is 2.22. The summed E-state index contributed by atoms with van der Waals surface area (Å²) in [6.07, 6.45) is 0. The number of carboxylic acids is 1. The predicted molar refractivity (Wildman–Crippen MR) is 79.3 cm³/mol. The minimum atomic E-state index is -1.09. The van der Waals surface area contributed by atoms with Crippen LogP contribution in [0.25, 0.3) is 0 Å². The Kier molecular flexibility index (Phi) is 5.08. The molecule has 0 bridgehead atoms. The summed E-state index contributed by atoms with van der Waals surface area (Å²) in [6.45, 7) is 0.292. The standard InChI is InChI=1S/C15H15NO4S/c1-20-9-10-5-2-3-6-11(10)14(17)16-13(15(18)19)12-7-4-8-21-12/h2-8,13H,9H2,1H3,(H,16,17)(H,18,19). The number of nitrogens with one attached hydrogen (secondary N) is 1. The topological polar surface area (TPSA) is 75.6 Å². The van der Waals surface area contributed by atoms with Crippen LogP contribution in [0.15, 0.2) is 41.8 Å². The lowest BCUT2D eigenvalue weighted by molar-refractivity contribution is -0.139.